The maximum atomic E-state index is 12.4. The molecule has 3 rings (SSSR count). The third-order valence-corrected chi connectivity index (χ3v) is 4.46. The van der Waals surface area contributed by atoms with Crippen LogP contribution in [0.25, 0.3) is 0 Å². The lowest BCUT2D eigenvalue weighted by Crippen LogP contribution is -2.56. The number of hydrogen-bond donors (Lipinski definition) is 1. The molecule has 0 spiro atoms. The summed E-state index contributed by atoms with van der Waals surface area (Å²) in [7, 11) is 0. The van der Waals surface area contributed by atoms with E-state index in [9.17, 15) is 9.59 Å². The number of ether oxygens (including phenoxy) is 1. The molecule has 0 bridgehead atoms. The standard InChI is InChI=1S/C18H25N3O4/c1-2-24-15-6-4-14(5-7-15)13-20-10-8-19-18(23)16(20)12-17(22)21-9-3-11-25-21/h4-7,16H,2-3,8-13H2,1H3,(H,19,23). The Morgan fingerprint density at radius 3 is 2.80 bits per heavy atom. The maximum Gasteiger partial charge on any atom is 0.248 e. The molecule has 7 heteroatoms. The molecule has 2 fully saturated rings. The maximum absolute atomic E-state index is 12.4. The zero-order valence-corrected chi connectivity index (χ0v) is 14.6. The molecule has 2 heterocycles. The normalized spacial score (nSPS) is 21.2. The SMILES string of the molecule is CCOc1ccc(CN2CCNC(=O)C2CC(=O)N2CCCO2)cc1. The molecule has 1 N–H and O–H groups in total. The third kappa shape index (κ3) is 4.49. The topological polar surface area (TPSA) is 71.1 Å². The number of nitrogens with one attached hydrogen (secondary N) is 1. The van der Waals surface area contributed by atoms with Crippen molar-refractivity contribution in [1.29, 1.82) is 0 Å². The predicted octanol–water partition coefficient (Wildman–Crippen LogP) is 0.940. The Hall–Kier alpha value is -2.12. The highest BCUT2D eigenvalue weighted by Gasteiger charge is 2.33. The first-order valence-corrected chi connectivity index (χ1v) is 8.84. The highest BCUT2D eigenvalue weighted by Crippen LogP contribution is 2.18. The molecule has 7 nitrogen and oxygen atoms in total. The van der Waals surface area contributed by atoms with Gasteiger partial charge in [-0.25, -0.2) is 5.06 Å². The lowest BCUT2D eigenvalue weighted by atomic mass is 10.1. The summed E-state index contributed by atoms with van der Waals surface area (Å²) in [6, 6.07) is 7.40. The Balaban J connectivity index is 1.64. The molecule has 2 amide bonds. The second kappa shape index (κ2) is 8.31. The molecular formula is C18H25N3O4. The molecule has 1 aromatic rings. The number of benzene rings is 1. The van der Waals surface area contributed by atoms with Crippen LogP contribution in [-0.4, -0.2) is 60.7 Å². The van der Waals surface area contributed by atoms with Crippen LogP contribution in [0.1, 0.15) is 25.3 Å². The summed E-state index contributed by atoms with van der Waals surface area (Å²) >= 11 is 0. The average molecular weight is 347 g/mol. The van der Waals surface area contributed by atoms with Crippen molar-refractivity contribution in [3.05, 3.63) is 29.8 Å². The second-order valence-electron chi connectivity index (χ2n) is 6.24. The van der Waals surface area contributed by atoms with Crippen molar-refractivity contribution in [2.75, 3.05) is 32.8 Å². The lowest BCUT2D eigenvalue weighted by molar-refractivity contribution is -0.171. The smallest absolute Gasteiger partial charge is 0.248 e. The van der Waals surface area contributed by atoms with Crippen molar-refractivity contribution >= 4 is 11.8 Å². The lowest BCUT2D eigenvalue weighted by Gasteiger charge is -2.35. The van der Waals surface area contributed by atoms with Crippen LogP contribution < -0.4 is 10.1 Å². The molecule has 0 aromatic heterocycles. The summed E-state index contributed by atoms with van der Waals surface area (Å²) < 4.78 is 5.46. The van der Waals surface area contributed by atoms with Crippen molar-refractivity contribution in [2.45, 2.75) is 32.4 Å². The average Bonchev–Trinajstić information content (AvgIpc) is 3.14. The number of piperazine rings is 1. The minimum absolute atomic E-state index is 0.0928. The second-order valence-corrected chi connectivity index (χ2v) is 6.24. The zero-order valence-electron chi connectivity index (χ0n) is 14.6. The van der Waals surface area contributed by atoms with Gasteiger partial charge in [0.05, 0.1) is 32.2 Å². The van der Waals surface area contributed by atoms with Crippen LogP contribution in [-0.2, 0) is 21.0 Å². The van der Waals surface area contributed by atoms with Gasteiger partial charge in [-0.15, -0.1) is 0 Å². The molecular weight excluding hydrogens is 322 g/mol. The van der Waals surface area contributed by atoms with E-state index in [1.165, 1.54) is 5.06 Å². The molecule has 1 atom stereocenters. The van der Waals surface area contributed by atoms with Gasteiger partial charge >= 0.3 is 0 Å². The van der Waals surface area contributed by atoms with Gasteiger partial charge < -0.3 is 10.1 Å². The van der Waals surface area contributed by atoms with Crippen molar-refractivity contribution in [1.82, 2.24) is 15.3 Å². The minimum atomic E-state index is -0.461. The molecule has 2 saturated heterocycles. The fourth-order valence-corrected chi connectivity index (χ4v) is 3.18. The Morgan fingerprint density at radius 2 is 2.12 bits per heavy atom. The van der Waals surface area contributed by atoms with Gasteiger partial charge in [0, 0.05) is 19.6 Å². The molecule has 25 heavy (non-hydrogen) atoms. The van der Waals surface area contributed by atoms with E-state index in [-0.39, 0.29) is 18.2 Å². The molecule has 1 unspecified atom stereocenters. The number of hydroxylamine groups is 2. The molecule has 1 aromatic carbocycles. The van der Waals surface area contributed by atoms with Crippen LogP contribution in [0.15, 0.2) is 24.3 Å². The summed E-state index contributed by atoms with van der Waals surface area (Å²) in [5.41, 5.74) is 1.09. The summed E-state index contributed by atoms with van der Waals surface area (Å²) in [6.45, 7) is 5.70. The monoisotopic (exact) mass is 347 g/mol. The fourth-order valence-electron chi connectivity index (χ4n) is 3.18. The Morgan fingerprint density at radius 1 is 1.32 bits per heavy atom. The number of rotatable bonds is 6. The molecule has 136 valence electrons. The van der Waals surface area contributed by atoms with Crippen molar-refractivity contribution in [3.63, 3.8) is 0 Å². The minimum Gasteiger partial charge on any atom is -0.494 e. The van der Waals surface area contributed by atoms with E-state index in [0.717, 1.165) is 24.3 Å². The predicted molar refractivity (Wildman–Crippen MR) is 91.7 cm³/mol. The van der Waals surface area contributed by atoms with Crippen LogP contribution in [0.5, 0.6) is 5.75 Å². The van der Waals surface area contributed by atoms with Crippen LogP contribution in [0.2, 0.25) is 0 Å². The number of nitrogens with zero attached hydrogens (tertiary/aromatic N) is 2. The first-order valence-electron chi connectivity index (χ1n) is 8.84. The van der Waals surface area contributed by atoms with Crippen molar-refractivity contribution < 1.29 is 19.2 Å². The van der Waals surface area contributed by atoms with E-state index < -0.39 is 6.04 Å². The highest BCUT2D eigenvalue weighted by atomic mass is 16.7. The van der Waals surface area contributed by atoms with Gasteiger partial charge in [0.2, 0.25) is 11.8 Å². The van der Waals surface area contributed by atoms with Crippen LogP contribution in [0.4, 0.5) is 0 Å². The first kappa shape index (κ1) is 17.7. The third-order valence-electron chi connectivity index (χ3n) is 4.46. The van der Waals surface area contributed by atoms with E-state index in [1.54, 1.807) is 0 Å². The van der Waals surface area contributed by atoms with Crippen LogP contribution >= 0.6 is 0 Å². The molecule has 0 radical (unpaired) electrons. The zero-order chi connectivity index (χ0) is 17.6. The van der Waals surface area contributed by atoms with E-state index in [2.05, 4.69) is 10.2 Å². The van der Waals surface area contributed by atoms with Crippen LogP contribution in [0.3, 0.4) is 0 Å². The van der Waals surface area contributed by atoms with Gasteiger partial charge in [-0.1, -0.05) is 12.1 Å². The number of carbonyl (C=O) groups is 2. The van der Waals surface area contributed by atoms with Gasteiger partial charge in [-0.3, -0.25) is 19.3 Å². The summed E-state index contributed by atoms with van der Waals surface area (Å²) in [4.78, 5) is 32.0. The Labute approximate surface area is 147 Å². The van der Waals surface area contributed by atoms with Gasteiger partial charge in [0.1, 0.15) is 5.75 Å². The van der Waals surface area contributed by atoms with E-state index in [0.29, 0.717) is 32.8 Å². The summed E-state index contributed by atoms with van der Waals surface area (Å²) in [5.74, 6) is 0.613. The van der Waals surface area contributed by atoms with Crippen LogP contribution in [0, 0.1) is 0 Å². The molecule has 2 aliphatic heterocycles. The van der Waals surface area contributed by atoms with Gasteiger partial charge in [-0.2, -0.15) is 0 Å². The molecule has 0 aliphatic carbocycles. The largest absolute Gasteiger partial charge is 0.494 e. The molecule has 0 saturated carbocycles. The van der Waals surface area contributed by atoms with Gasteiger partial charge in [0.25, 0.3) is 0 Å². The van der Waals surface area contributed by atoms with Crippen molar-refractivity contribution in [3.8, 4) is 5.75 Å². The Bertz CT molecular complexity index is 599. The number of carbonyl (C=O) groups excluding carboxylic acids is 2. The van der Waals surface area contributed by atoms with Crippen molar-refractivity contribution in [2.24, 2.45) is 0 Å². The molecule has 2 aliphatic rings. The van der Waals surface area contributed by atoms with Gasteiger partial charge in [0.15, 0.2) is 0 Å². The van der Waals surface area contributed by atoms with E-state index in [4.69, 9.17) is 9.57 Å². The number of amides is 2. The quantitative estimate of drug-likeness (QED) is 0.829. The summed E-state index contributed by atoms with van der Waals surface area (Å²) in [6.07, 6.45) is 0.987. The van der Waals surface area contributed by atoms with E-state index in [1.807, 2.05) is 31.2 Å². The van der Waals surface area contributed by atoms with Gasteiger partial charge in [-0.05, 0) is 31.0 Å². The highest BCUT2D eigenvalue weighted by molar-refractivity contribution is 5.88. The van der Waals surface area contributed by atoms with E-state index >= 15 is 0 Å². The number of hydrogen-bond acceptors (Lipinski definition) is 5. The first-order chi connectivity index (χ1) is 12.2. The Kier molecular flexibility index (Phi) is 5.88. The fraction of sp³-hybridized carbons (Fsp3) is 0.556. The summed E-state index contributed by atoms with van der Waals surface area (Å²) in [5, 5.41) is 4.24.